The molecule has 100 valence electrons. The fourth-order valence-electron chi connectivity index (χ4n) is 2.57. The number of aliphatic hydroxyl groups is 1. The number of nitrogens with one attached hydrogen (secondary N) is 1. The molecule has 0 aromatic rings. The van der Waals surface area contributed by atoms with Crippen molar-refractivity contribution in [3.05, 3.63) is 0 Å². The molecule has 1 saturated heterocycles. The SMILES string of the molecule is CC(C)C(O)CN1CCCCC1CNC1CC1. The lowest BCUT2D eigenvalue weighted by atomic mass is 9.99. The van der Waals surface area contributed by atoms with Crippen LogP contribution in [0, 0.1) is 5.92 Å². The Balaban J connectivity index is 1.78. The first-order valence-electron chi connectivity index (χ1n) is 7.32. The largest absolute Gasteiger partial charge is 0.392 e. The van der Waals surface area contributed by atoms with Crippen LogP contribution in [0.3, 0.4) is 0 Å². The summed E-state index contributed by atoms with van der Waals surface area (Å²) in [6.45, 7) is 7.35. The van der Waals surface area contributed by atoms with Gasteiger partial charge in [-0.15, -0.1) is 0 Å². The van der Waals surface area contributed by atoms with Gasteiger partial charge in [-0.25, -0.2) is 0 Å². The van der Waals surface area contributed by atoms with Crippen LogP contribution in [0.15, 0.2) is 0 Å². The molecular formula is C14H28N2O. The minimum absolute atomic E-state index is 0.170. The third kappa shape index (κ3) is 4.23. The van der Waals surface area contributed by atoms with Crippen LogP contribution >= 0.6 is 0 Å². The number of aliphatic hydroxyl groups excluding tert-OH is 1. The molecule has 0 amide bonds. The van der Waals surface area contributed by atoms with Crippen molar-refractivity contribution in [3.8, 4) is 0 Å². The van der Waals surface area contributed by atoms with Gasteiger partial charge in [-0.1, -0.05) is 20.3 Å². The van der Waals surface area contributed by atoms with Gasteiger partial charge >= 0.3 is 0 Å². The second kappa shape index (κ2) is 6.17. The Hall–Kier alpha value is -0.120. The van der Waals surface area contributed by atoms with E-state index in [-0.39, 0.29) is 6.10 Å². The van der Waals surface area contributed by atoms with E-state index in [1.807, 2.05) is 0 Å². The van der Waals surface area contributed by atoms with Crippen molar-refractivity contribution in [2.75, 3.05) is 19.6 Å². The van der Waals surface area contributed by atoms with Crippen molar-refractivity contribution in [1.29, 1.82) is 0 Å². The van der Waals surface area contributed by atoms with Crippen LogP contribution < -0.4 is 5.32 Å². The fourth-order valence-corrected chi connectivity index (χ4v) is 2.57. The molecule has 1 aliphatic carbocycles. The molecule has 2 unspecified atom stereocenters. The van der Waals surface area contributed by atoms with Crippen LogP contribution in [0.25, 0.3) is 0 Å². The molecule has 2 fully saturated rings. The highest BCUT2D eigenvalue weighted by molar-refractivity contribution is 4.86. The van der Waals surface area contributed by atoms with Gasteiger partial charge in [0.2, 0.25) is 0 Å². The van der Waals surface area contributed by atoms with E-state index in [1.165, 1.54) is 38.6 Å². The predicted molar refractivity (Wildman–Crippen MR) is 71.1 cm³/mol. The summed E-state index contributed by atoms with van der Waals surface area (Å²) in [6, 6.07) is 1.45. The maximum atomic E-state index is 10.0. The molecule has 2 rings (SSSR count). The van der Waals surface area contributed by atoms with Gasteiger partial charge in [0, 0.05) is 25.2 Å². The van der Waals surface area contributed by atoms with E-state index >= 15 is 0 Å². The normalized spacial score (nSPS) is 28.6. The molecule has 0 spiro atoms. The topological polar surface area (TPSA) is 35.5 Å². The Labute approximate surface area is 106 Å². The van der Waals surface area contributed by atoms with Crippen LogP contribution in [0.5, 0.6) is 0 Å². The van der Waals surface area contributed by atoms with E-state index in [4.69, 9.17) is 0 Å². The molecule has 3 nitrogen and oxygen atoms in total. The van der Waals surface area contributed by atoms with Gasteiger partial charge in [0.05, 0.1) is 6.10 Å². The maximum Gasteiger partial charge on any atom is 0.0690 e. The molecule has 0 radical (unpaired) electrons. The summed E-state index contributed by atoms with van der Waals surface area (Å²) >= 11 is 0. The summed E-state index contributed by atoms with van der Waals surface area (Å²) in [5.74, 6) is 0.369. The van der Waals surface area contributed by atoms with Crippen LogP contribution in [0.4, 0.5) is 0 Å². The predicted octanol–water partition coefficient (Wildman–Crippen LogP) is 1.61. The number of likely N-dealkylation sites (tertiary alicyclic amines) is 1. The van der Waals surface area contributed by atoms with Crippen molar-refractivity contribution in [1.82, 2.24) is 10.2 Å². The second-order valence-corrected chi connectivity index (χ2v) is 6.14. The molecule has 1 heterocycles. The molecule has 2 N–H and O–H groups in total. The first-order valence-corrected chi connectivity index (χ1v) is 7.32. The lowest BCUT2D eigenvalue weighted by Gasteiger charge is -2.37. The van der Waals surface area contributed by atoms with Crippen LogP contribution in [-0.2, 0) is 0 Å². The molecule has 0 aromatic carbocycles. The number of hydrogen-bond acceptors (Lipinski definition) is 3. The van der Waals surface area contributed by atoms with E-state index in [1.54, 1.807) is 0 Å². The van der Waals surface area contributed by atoms with Crippen LogP contribution in [-0.4, -0.2) is 47.8 Å². The van der Waals surface area contributed by atoms with Gasteiger partial charge in [0.1, 0.15) is 0 Å². The van der Waals surface area contributed by atoms with E-state index < -0.39 is 0 Å². The smallest absolute Gasteiger partial charge is 0.0690 e. The highest BCUT2D eigenvalue weighted by atomic mass is 16.3. The van der Waals surface area contributed by atoms with Gasteiger partial charge in [0.25, 0.3) is 0 Å². The van der Waals surface area contributed by atoms with Crippen LogP contribution in [0.1, 0.15) is 46.0 Å². The summed E-state index contributed by atoms with van der Waals surface area (Å²) in [4.78, 5) is 2.50. The first-order chi connectivity index (χ1) is 8.16. The number of rotatable bonds is 6. The van der Waals surface area contributed by atoms with Gasteiger partial charge in [0.15, 0.2) is 0 Å². The molecular weight excluding hydrogens is 212 g/mol. The highest BCUT2D eigenvalue weighted by Crippen LogP contribution is 2.22. The van der Waals surface area contributed by atoms with E-state index in [2.05, 4.69) is 24.1 Å². The zero-order valence-corrected chi connectivity index (χ0v) is 11.4. The van der Waals surface area contributed by atoms with Crippen LogP contribution in [0.2, 0.25) is 0 Å². The molecule has 1 aliphatic heterocycles. The number of β-amino-alcohol motifs (C(OH)–C–C–N with tert-alkyl or cyclic N) is 1. The summed E-state index contributed by atoms with van der Waals surface area (Å²) in [6.07, 6.45) is 6.50. The van der Waals surface area contributed by atoms with E-state index in [0.717, 1.165) is 19.1 Å². The lowest BCUT2D eigenvalue weighted by Crippen LogP contribution is -2.49. The molecule has 0 bridgehead atoms. The average molecular weight is 240 g/mol. The summed E-state index contributed by atoms with van der Waals surface area (Å²) in [5, 5.41) is 13.7. The second-order valence-electron chi connectivity index (χ2n) is 6.14. The van der Waals surface area contributed by atoms with Crippen molar-refractivity contribution >= 4 is 0 Å². The Kier molecular flexibility index (Phi) is 4.83. The number of hydrogen-bond donors (Lipinski definition) is 2. The maximum absolute atomic E-state index is 10.0. The molecule has 2 aliphatic rings. The van der Waals surface area contributed by atoms with Crippen molar-refractivity contribution in [3.63, 3.8) is 0 Å². The summed E-state index contributed by atoms with van der Waals surface area (Å²) in [7, 11) is 0. The van der Waals surface area contributed by atoms with Crippen molar-refractivity contribution in [2.24, 2.45) is 5.92 Å². The Morgan fingerprint density at radius 3 is 2.65 bits per heavy atom. The highest BCUT2D eigenvalue weighted by Gasteiger charge is 2.27. The van der Waals surface area contributed by atoms with Crippen molar-refractivity contribution in [2.45, 2.75) is 64.1 Å². The minimum Gasteiger partial charge on any atom is -0.392 e. The minimum atomic E-state index is -0.170. The third-order valence-electron chi connectivity index (χ3n) is 4.16. The van der Waals surface area contributed by atoms with E-state index in [9.17, 15) is 5.11 Å². The van der Waals surface area contributed by atoms with E-state index in [0.29, 0.717) is 12.0 Å². The molecule has 1 saturated carbocycles. The standard InChI is InChI=1S/C14H28N2O/c1-11(2)14(17)10-16-8-4-3-5-13(16)9-15-12-6-7-12/h11-15,17H,3-10H2,1-2H3. The lowest BCUT2D eigenvalue weighted by molar-refractivity contribution is 0.0429. The molecule has 2 atom stereocenters. The van der Waals surface area contributed by atoms with Gasteiger partial charge < -0.3 is 10.4 Å². The van der Waals surface area contributed by atoms with Crippen molar-refractivity contribution < 1.29 is 5.11 Å². The summed E-state index contributed by atoms with van der Waals surface area (Å²) in [5.41, 5.74) is 0. The average Bonchev–Trinajstić information content (AvgIpc) is 3.11. The Morgan fingerprint density at radius 2 is 2.00 bits per heavy atom. The Bertz CT molecular complexity index is 228. The monoisotopic (exact) mass is 240 g/mol. The Morgan fingerprint density at radius 1 is 1.24 bits per heavy atom. The summed E-state index contributed by atoms with van der Waals surface area (Å²) < 4.78 is 0. The van der Waals surface area contributed by atoms with Gasteiger partial charge in [-0.05, 0) is 38.1 Å². The van der Waals surface area contributed by atoms with Gasteiger partial charge in [-0.2, -0.15) is 0 Å². The van der Waals surface area contributed by atoms with Gasteiger partial charge in [-0.3, -0.25) is 4.90 Å². The molecule has 3 heteroatoms. The fraction of sp³-hybridized carbons (Fsp3) is 1.00. The number of nitrogens with zero attached hydrogens (tertiary/aromatic N) is 1. The molecule has 0 aromatic heterocycles. The zero-order valence-electron chi connectivity index (χ0n) is 11.4. The molecule has 17 heavy (non-hydrogen) atoms. The first kappa shape index (κ1) is 13.3. The third-order valence-corrected chi connectivity index (χ3v) is 4.16. The quantitative estimate of drug-likeness (QED) is 0.740. The number of piperidine rings is 1. The zero-order chi connectivity index (χ0) is 12.3.